The van der Waals surface area contributed by atoms with E-state index in [2.05, 4.69) is 7.26 Å². The molecule has 0 atom stereocenters. The van der Waals surface area contributed by atoms with Crippen molar-refractivity contribution in [2.45, 2.75) is 11.0 Å². The molecule has 0 N–H and O–H groups in total. The molecular formula is C6H8F6O6S4. The van der Waals surface area contributed by atoms with E-state index < -0.39 is 49.9 Å². The Labute approximate surface area is 123 Å². The second-order valence-corrected chi connectivity index (χ2v) is 16.3. The topological polar surface area (TPSA) is 86.7 Å². The summed E-state index contributed by atoms with van der Waals surface area (Å²) in [6.45, 7) is 0. The van der Waals surface area contributed by atoms with E-state index in [4.69, 9.17) is 0 Å². The molecule has 0 amide bonds. The van der Waals surface area contributed by atoms with Gasteiger partial charge in [0.05, 0.1) is 0 Å². The first-order valence-electron chi connectivity index (χ1n) is 5.20. The van der Waals surface area contributed by atoms with Gasteiger partial charge in [-0.05, 0) is 0 Å². The van der Waals surface area contributed by atoms with Gasteiger partial charge in [0.25, 0.3) is 0 Å². The SMILES string of the molecule is O=S(=O)(OS12CCS1(OS(=O)(=O)C(F)(F)F)CC2)C(F)(F)F. The molecule has 0 aliphatic carbocycles. The average molecular weight is 418 g/mol. The van der Waals surface area contributed by atoms with Crippen LogP contribution in [-0.4, -0.2) is 50.9 Å². The highest BCUT2D eigenvalue weighted by atomic mass is 33.2. The first-order chi connectivity index (χ1) is 9.58. The highest BCUT2D eigenvalue weighted by Gasteiger charge is 2.69. The van der Waals surface area contributed by atoms with Crippen molar-refractivity contribution in [3.05, 3.63) is 0 Å². The standard InChI is InChI=1S/C6H8F6O6S4/c7-5(8,9)21(13,14)17-19-1-2-20(19,4-3-19)18-22(15,16)6(10,11)12/h1-4H2. The van der Waals surface area contributed by atoms with Crippen LogP contribution in [0, 0.1) is 0 Å². The van der Waals surface area contributed by atoms with Gasteiger partial charge in [0.15, 0.2) is 0 Å². The number of hydrogen-bond acceptors (Lipinski definition) is 6. The first kappa shape index (κ1) is 18.4. The highest BCUT2D eigenvalue weighted by Crippen LogP contribution is 2.97. The summed E-state index contributed by atoms with van der Waals surface area (Å²) in [5.41, 5.74) is -11.5. The summed E-state index contributed by atoms with van der Waals surface area (Å²) in [6, 6.07) is 0. The Kier molecular flexibility index (Phi) is 4.03. The lowest BCUT2D eigenvalue weighted by atomic mass is 10.9. The molecule has 0 radical (unpaired) electrons. The number of fused-ring (bicyclic) bond motifs is 1. The Bertz CT molecular complexity index is 609. The van der Waals surface area contributed by atoms with Crippen LogP contribution in [0.15, 0.2) is 0 Å². The number of alkyl halides is 6. The van der Waals surface area contributed by atoms with Gasteiger partial charge in [-0.2, -0.15) is 43.2 Å². The smallest absolute Gasteiger partial charge is 0.203 e. The van der Waals surface area contributed by atoms with Crippen LogP contribution in [0.3, 0.4) is 0 Å². The maximum atomic E-state index is 12.3. The van der Waals surface area contributed by atoms with E-state index in [0.29, 0.717) is 0 Å². The molecule has 2 fully saturated rings. The van der Waals surface area contributed by atoms with E-state index in [1.807, 2.05) is 0 Å². The van der Waals surface area contributed by atoms with Crippen molar-refractivity contribution >= 4 is 38.9 Å². The Balaban J connectivity index is 2.26. The van der Waals surface area contributed by atoms with Crippen molar-refractivity contribution in [1.29, 1.82) is 0 Å². The normalized spacial score (nSPS) is 38.6. The summed E-state index contributed by atoms with van der Waals surface area (Å²) < 4.78 is 126. The Hall–Kier alpha value is 0.1000. The van der Waals surface area contributed by atoms with Crippen LogP contribution in [0.25, 0.3) is 0 Å². The van der Waals surface area contributed by atoms with Crippen LogP contribution in [0.1, 0.15) is 0 Å². The molecule has 2 rings (SSSR count). The van der Waals surface area contributed by atoms with E-state index in [1.165, 1.54) is 0 Å². The number of halogens is 6. The zero-order valence-corrected chi connectivity index (χ0v) is 13.4. The van der Waals surface area contributed by atoms with Crippen molar-refractivity contribution in [2.24, 2.45) is 0 Å². The minimum atomic E-state index is -6.03. The third kappa shape index (κ3) is 2.60. The zero-order chi connectivity index (χ0) is 17.2. The molecule has 134 valence electrons. The minimum absolute atomic E-state index is 0.245. The summed E-state index contributed by atoms with van der Waals surface area (Å²) in [7, 11) is -18.4. The van der Waals surface area contributed by atoms with Gasteiger partial charge in [-0.15, -0.1) is 0 Å². The van der Waals surface area contributed by atoms with Crippen LogP contribution in [0.4, 0.5) is 26.3 Å². The van der Waals surface area contributed by atoms with Gasteiger partial charge in [-0.3, -0.25) is 0 Å². The monoisotopic (exact) mass is 418 g/mol. The van der Waals surface area contributed by atoms with Crippen LogP contribution in [-0.2, 0) is 27.5 Å². The predicted octanol–water partition coefficient (Wildman–Crippen LogP) is 2.10. The molecule has 0 bridgehead atoms. The van der Waals surface area contributed by atoms with Gasteiger partial charge < -0.3 is 0 Å². The fraction of sp³-hybridized carbons (Fsp3) is 1.00. The maximum absolute atomic E-state index is 12.3. The van der Waals surface area contributed by atoms with Gasteiger partial charge in [0.2, 0.25) is 0 Å². The fourth-order valence-electron chi connectivity index (χ4n) is 1.76. The molecule has 22 heavy (non-hydrogen) atoms. The lowest BCUT2D eigenvalue weighted by Gasteiger charge is -2.70. The van der Waals surface area contributed by atoms with Gasteiger partial charge in [0.1, 0.15) is 0 Å². The van der Waals surface area contributed by atoms with E-state index in [1.54, 1.807) is 0 Å². The third-order valence-corrected chi connectivity index (χ3v) is 18.8. The van der Waals surface area contributed by atoms with E-state index in [9.17, 15) is 43.2 Å². The van der Waals surface area contributed by atoms with Crippen molar-refractivity contribution < 1.29 is 50.4 Å². The highest BCUT2D eigenvalue weighted by molar-refractivity contribution is 9.10. The molecule has 6 nitrogen and oxygen atoms in total. The number of rotatable bonds is 4. The van der Waals surface area contributed by atoms with Crippen LogP contribution < -0.4 is 0 Å². The molecular weight excluding hydrogens is 410 g/mol. The molecule has 2 aliphatic rings. The Morgan fingerprint density at radius 3 is 1.00 bits per heavy atom. The Morgan fingerprint density at radius 1 is 0.636 bits per heavy atom. The largest absolute Gasteiger partial charge is 0.523 e. The lowest BCUT2D eigenvalue weighted by Crippen LogP contribution is -2.50. The maximum Gasteiger partial charge on any atom is 0.523 e. The van der Waals surface area contributed by atoms with Crippen molar-refractivity contribution in [1.82, 2.24) is 0 Å². The van der Waals surface area contributed by atoms with Gasteiger partial charge in [0, 0.05) is 23.0 Å². The predicted molar refractivity (Wildman–Crippen MR) is 66.8 cm³/mol. The van der Waals surface area contributed by atoms with Crippen molar-refractivity contribution in [2.75, 3.05) is 23.0 Å². The van der Waals surface area contributed by atoms with Gasteiger partial charge in [-0.1, -0.05) is 18.7 Å². The second-order valence-electron chi connectivity index (χ2n) is 4.24. The van der Waals surface area contributed by atoms with Crippen LogP contribution >= 0.6 is 18.7 Å². The quantitative estimate of drug-likeness (QED) is 0.395. The fourth-order valence-corrected chi connectivity index (χ4v) is 17.7. The second kappa shape index (κ2) is 4.81. The molecule has 0 aromatic carbocycles. The van der Waals surface area contributed by atoms with Gasteiger partial charge in [-0.25, -0.2) is 7.26 Å². The minimum Gasteiger partial charge on any atom is -0.203 e. The van der Waals surface area contributed by atoms with Crippen molar-refractivity contribution in [3.63, 3.8) is 0 Å². The van der Waals surface area contributed by atoms with Crippen molar-refractivity contribution in [3.8, 4) is 0 Å². The molecule has 0 saturated carbocycles. The molecule has 2 aliphatic heterocycles. The summed E-state index contributed by atoms with van der Waals surface area (Å²) >= 11 is 0. The lowest BCUT2D eigenvalue weighted by molar-refractivity contribution is -0.0503. The van der Waals surface area contributed by atoms with E-state index in [-0.39, 0.29) is 23.0 Å². The first-order valence-corrected chi connectivity index (χ1v) is 12.3. The summed E-state index contributed by atoms with van der Waals surface area (Å²) in [6.07, 6.45) is 0. The molecule has 0 aromatic heterocycles. The number of hydrogen-bond donors (Lipinski definition) is 0. The van der Waals surface area contributed by atoms with E-state index >= 15 is 0 Å². The van der Waals surface area contributed by atoms with Crippen LogP contribution in [0.2, 0.25) is 0 Å². The molecule has 0 spiro atoms. The Morgan fingerprint density at radius 2 is 0.864 bits per heavy atom. The molecule has 0 unspecified atom stereocenters. The van der Waals surface area contributed by atoms with E-state index in [0.717, 1.165) is 0 Å². The molecule has 0 aromatic rings. The summed E-state index contributed by atoms with van der Waals surface area (Å²) in [5.74, 6) is -0.980. The summed E-state index contributed by atoms with van der Waals surface area (Å²) in [4.78, 5) is 0. The summed E-state index contributed by atoms with van der Waals surface area (Å²) in [5, 5.41) is 0. The molecule has 16 heteroatoms. The molecule has 2 heterocycles. The average Bonchev–Trinajstić information content (AvgIpc) is 2.28. The molecule has 2 saturated heterocycles. The zero-order valence-electron chi connectivity index (χ0n) is 10.2. The van der Waals surface area contributed by atoms with Gasteiger partial charge >= 0.3 is 31.3 Å². The third-order valence-electron chi connectivity index (χ3n) is 2.96. The van der Waals surface area contributed by atoms with Crippen LogP contribution in [0.5, 0.6) is 0 Å².